The zero-order valence-corrected chi connectivity index (χ0v) is 17.9. The van der Waals surface area contributed by atoms with E-state index >= 15 is 0 Å². The number of aromatic nitrogens is 4. The van der Waals surface area contributed by atoms with Crippen molar-refractivity contribution in [1.29, 1.82) is 0 Å². The van der Waals surface area contributed by atoms with Crippen molar-refractivity contribution in [3.8, 4) is 22.7 Å². The van der Waals surface area contributed by atoms with Gasteiger partial charge in [-0.05, 0) is 55.9 Å². The molecule has 0 atom stereocenters. The molecule has 0 saturated heterocycles. The summed E-state index contributed by atoms with van der Waals surface area (Å²) in [5.41, 5.74) is 0.662. The molecule has 31 heavy (non-hydrogen) atoms. The molecule has 0 saturated carbocycles. The zero-order valence-electron chi connectivity index (χ0n) is 16.3. The van der Waals surface area contributed by atoms with E-state index in [1.807, 2.05) is 0 Å². The van der Waals surface area contributed by atoms with Gasteiger partial charge < -0.3 is 9.52 Å². The number of benzene rings is 1. The summed E-state index contributed by atoms with van der Waals surface area (Å²) < 4.78 is 32.9. The average molecular weight is 461 g/mol. The van der Waals surface area contributed by atoms with Gasteiger partial charge in [0.15, 0.2) is 21.9 Å². The predicted molar refractivity (Wildman–Crippen MR) is 111 cm³/mol. The van der Waals surface area contributed by atoms with Crippen LogP contribution in [0.1, 0.15) is 19.5 Å². The van der Waals surface area contributed by atoms with Crippen LogP contribution in [0.4, 0.5) is 8.78 Å². The molecule has 3 aromatic heterocycles. The van der Waals surface area contributed by atoms with Crippen LogP contribution in [-0.4, -0.2) is 25.0 Å². The molecule has 0 amide bonds. The lowest BCUT2D eigenvalue weighted by Crippen LogP contribution is -2.17. The first-order chi connectivity index (χ1) is 14.7. The van der Waals surface area contributed by atoms with Crippen molar-refractivity contribution >= 4 is 23.4 Å². The lowest BCUT2D eigenvalue weighted by molar-refractivity contribution is 0.0739. The number of rotatable bonds is 5. The molecule has 158 valence electrons. The Morgan fingerprint density at radius 3 is 2.29 bits per heavy atom. The van der Waals surface area contributed by atoms with E-state index in [0.717, 1.165) is 23.9 Å². The minimum Gasteiger partial charge on any atom is -0.429 e. The summed E-state index contributed by atoms with van der Waals surface area (Å²) >= 11 is 6.94. The van der Waals surface area contributed by atoms with Crippen LogP contribution < -0.4 is 0 Å². The van der Waals surface area contributed by atoms with E-state index in [-0.39, 0.29) is 11.5 Å². The van der Waals surface area contributed by atoms with Crippen molar-refractivity contribution < 1.29 is 18.3 Å². The van der Waals surface area contributed by atoms with Crippen LogP contribution in [0.5, 0.6) is 0 Å². The number of halogens is 3. The third-order valence-electron chi connectivity index (χ3n) is 4.21. The second kappa shape index (κ2) is 8.33. The Balaban J connectivity index is 1.78. The summed E-state index contributed by atoms with van der Waals surface area (Å²) in [6.07, 6.45) is 4.44. The standard InChI is InChI=1S/C21H15ClF2N4O2S/c1-21(2,29)16-6-4-12(8-25-16)17-19(31-20-26-9-13(22)10-27-20)30-18(28-17)11-3-5-14(23)15(24)7-11/h3-10,29H,1-2H3. The second-order valence-corrected chi connectivity index (χ2v) is 8.44. The van der Waals surface area contributed by atoms with E-state index < -0.39 is 17.2 Å². The van der Waals surface area contributed by atoms with Gasteiger partial charge in [0.1, 0.15) is 11.3 Å². The maximum atomic E-state index is 13.7. The van der Waals surface area contributed by atoms with Crippen LogP contribution in [0.25, 0.3) is 22.7 Å². The van der Waals surface area contributed by atoms with Crippen molar-refractivity contribution in [3.05, 3.63) is 71.3 Å². The minimum atomic E-state index is -1.10. The summed E-state index contributed by atoms with van der Waals surface area (Å²) in [5, 5.41) is 11.2. The molecule has 0 unspecified atom stereocenters. The van der Waals surface area contributed by atoms with E-state index in [0.29, 0.717) is 32.2 Å². The quantitative estimate of drug-likeness (QED) is 0.393. The first-order valence-electron chi connectivity index (χ1n) is 9.01. The van der Waals surface area contributed by atoms with E-state index in [1.165, 1.54) is 18.5 Å². The SMILES string of the molecule is CC(C)(O)c1ccc(-c2nc(-c3ccc(F)c(F)c3)oc2Sc2ncc(Cl)cn2)cn1. The summed E-state index contributed by atoms with van der Waals surface area (Å²) in [6, 6.07) is 6.79. The lowest BCUT2D eigenvalue weighted by Gasteiger charge is -2.16. The first-order valence-corrected chi connectivity index (χ1v) is 10.2. The Morgan fingerprint density at radius 1 is 0.968 bits per heavy atom. The van der Waals surface area contributed by atoms with E-state index in [9.17, 15) is 13.9 Å². The van der Waals surface area contributed by atoms with Crippen LogP contribution in [0, 0.1) is 11.6 Å². The maximum absolute atomic E-state index is 13.7. The fourth-order valence-corrected chi connectivity index (χ4v) is 3.50. The lowest BCUT2D eigenvalue weighted by atomic mass is 10.0. The fourth-order valence-electron chi connectivity index (χ4n) is 2.64. The van der Waals surface area contributed by atoms with Gasteiger partial charge in [0, 0.05) is 17.3 Å². The van der Waals surface area contributed by atoms with Gasteiger partial charge in [-0.1, -0.05) is 11.6 Å². The predicted octanol–water partition coefficient (Wildman–Crippen LogP) is 5.50. The Hall–Kier alpha value is -2.88. The van der Waals surface area contributed by atoms with Gasteiger partial charge in [-0.3, -0.25) is 4.98 Å². The highest BCUT2D eigenvalue weighted by Crippen LogP contribution is 2.38. The van der Waals surface area contributed by atoms with Crippen LogP contribution in [0.2, 0.25) is 5.02 Å². The van der Waals surface area contributed by atoms with Crippen LogP contribution in [-0.2, 0) is 5.60 Å². The highest BCUT2D eigenvalue weighted by Gasteiger charge is 2.22. The minimum absolute atomic E-state index is 0.0944. The van der Waals surface area contributed by atoms with Gasteiger partial charge in [-0.2, -0.15) is 0 Å². The van der Waals surface area contributed by atoms with Crippen LogP contribution >= 0.6 is 23.4 Å². The number of oxazole rings is 1. The molecular weight excluding hydrogens is 446 g/mol. The monoisotopic (exact) mass is 460 g/mol. The molecule has 0 aliphatic rings. The number of aliphatic hydroxyl groups is 1. The van der Waals surface area contributed by atoms with Gasteiger partial charge in [0.25, 0.3) is 0 Å². The fraction of sp³-hybridized carbons (Fsp3) is 0.143. The van der Waals surface area contributed by atoms with Crippen LogP contribution in [0.15, 0.2) is 63.6 Å². The summed E-state index contributed by atoms with van der Waals surface area (Å²) in [5.74, 6) is -1.88. The largest absolute Gasteiger partial charge is 0.429 e. The summed E-state index contributed by atoms with van der Waals surface area (Å²) in [6.45, 7) is 3.26. The van der Waals surface area contributed by atoms with Crippen molar-refractivity contribution in [2.45, 2.75) is 29.7 Å². The zero-order chi connectivity index (χ0) is 22.2. The smallest absolute Gasteiger partial charge is 0.228 e. The number of hydrogen-bond donors (Lipinski definition) is 1. The molecule has 6 nitrogen and oxygen atoms in total. The Bertz CT molecular complexity index is 1230. The van der Waals surface area contributed by atoms with Gasteiger partial charge in [-0.25, -0.2) is 23.7 Å². The Labute approximate surface area is 185 Å². The molecule has 3 heterocycles. The molecule has 0 bridgehead atoms. The van der Waals surface area contributed by atoms with Crippen molar-refractivity contribution in [2.75, 3.05) is 0 Å². The number of pyridine rings is 1. The maximum Gasteiger partial charge on any atom is 0.228 e. The molecular formula is C21H15ClF2N4O2S. The molecule has 10 heteroatoms. The van der Waals surface area contributed by atoms with Gasteiger partial charge in [-0.15, -0.1) is 0 Å². The molecule has 1 aromatic carbocycles. The second-order valence-electron chi connectivity index (χ2n) is 7.06. The molecule has 1 N–H and O–H groups in total. The highest BCUT2D eigenvalue weighted by atomic mass is 35.5. The van der Waals surface area contributed by atoms with E-state index in [4.69, 9.17) is 16.0 Å². The van der Waals surface area contributed by atoms with Crippen molar-refractivity contribution in [3.63, 3.8) is 0 Å². The van der Waals surface area contributed by atoms with Crippen molar-refractivity contribution in [2.24, 2.45) is 0 Å². The molecule has 0 spiro atoms. The summed E-state index contributed by atoms with van der Waals surface area (Å²) in [4.78, 5) is 17.0. The number of nitrogens with zero attached hydrogens (tertiary/aromatic N) is 4. The van der Waals surface area contributed by atoms with E-state index in [2.05, 4.69) is 19.9 Å². The van der Waals surface area contributed by atoms with Gasteiger partial charge in [0.05, 0.1) is 23.1 Å². The third kappa shape index (κ3) is 4.73. The highest BCUT2D eigenvalue weighted by molar-refractivity contribution is 7.99. The van der Waals surface area contributed by atoms with Crippen LogP contribution in [0.3, 0.4) is 0 Å². The van der Waals surface area contributed by atoms with E-state index in [1.54, 1.807) is 32.2 Å². The molecule has 0 aliphatic carbocycles. The molecule has 0 radical (unpaired) electrons. The molecule has 4 rings (SSSR count). The average Bonchev–Trinajstić information content (AvgIpc) is 3.15. The normalized spacial score (nSPS) is 11.7. The Kier molecular flexibility index (Phi) is 5.74. The Morgan fingerprint density at radius 2 is 1.68 bits per heavy atom. The first kappa shape index (κ1) is 21.4. The molecule has 0 fully saturated rings. The third-order valence-corrected chi connectivity index (χ3v) is 5.26. The topological polar surface area (TPSA) is 84.9 Å². The van der Waals surface area contributed by atoms with Gasteiger partial charge >= 0.3 is 0 Å². The number of hydrogen-bond acceptors (Lipinski definition) is 7. The molecule has 0 aliphatic heterocycles. The van der Waals surface area contributed by atoms with Gasteiger partial charge in [0.2, 0.25) is 5.89 Å². The van der Waals surface area contributed by atoms with Crippen molar-refractivity contribution in [1.82, 2.24) is 19.9 Å². The summed E-state index contributed by atoms with van der Waals surface area (Å²) in [7, 11) is 0. The molecule has 4 aromatic rings.